The quantitative estimate of drug-likeness (QED) is 0.139. The van der Waals surface area contributed by atoms with Crippen molar-refractivity contribution in [3.63, 3.8) is 0 Å². The Morgan fingerprint density at radius 1 is 0.925 bits per heavy atom. The van der Waals surface area contributed by atoms with Gasteiger partial charge in [-0.3, -0.25) is 24.5 Å². The van der Waals surface area contributed by atoms with Gasteiger partial charge in [0, 0.05) is 0 Å². The van der Waals surface area contributed by atoms with E-state index < -0.39 is 105 Å². The third-order valence-corrected chi connectivity index (χ3v) is 9.60. The zero-order valence-electron chi connectivity index (χ0n) is 19.7. The van der Waals surface area contributed by atoms with Gasteiger partial charge < -0.3 is 9.52 Å². The molecule has 15 heteroatoms. The number of imide groups is 2. The minimum atomic E-state index is -2.66. The molecule has 0 spiro atoms. The summed E-state index contributed by atoms with van der Waals surface area (Å²) in [5.41, 5.74) is -1.62. The summed E-state index contributed by atoms with van der Waals surface area (Å²) in [5.74, 6) is -21.3. The molecule has 2 aliphatic carbocycles. The molecule has 1 aromatic heterocycles. The number of allylic oxidation sites excluding steroid dienone is 2. The lowest BCUT2D eigenvalue weighted by molar-refractivity contribution is -0.127. The number of aliphatic hydroxyl groups excluding tert-OH is 1. The van der Waals surface area contributed by atoms with Gasteiger partial charge >= 0.3 is 0 Å². The van der Waals surface area contributed by atoms with E-state index in [0.717, 1.165) is 0 Å². The summed E-state index contributed by atoms with van der Waals surface area (Å²) in [4.78, 5) is 47.4. The number of halogens is 7. The maximum atomic E-state index is 14.9. The van der Waals surface area contributed by atoms with Crippen LogP contribution in [0, 0.1) is 46.8 Å². The number of nitrogens with zero attached hydrogens (tertiary/aromatic N) is 1. The molecule has 1 saturated carbocycles. The lowest BCUT2D eigenvalue weighted by Crippen LogP contribution is -2.60. The van der Waals surface area contributed by atoms with Gasteiger partial charge in [-0.1, -0.05) is 11.6 Å². The Labute approximate surface area is 230 Å². The molecule has 4 aliphatic rings. The summed E-state index contributed by atoms with van der Waals surface area (Å²) in [6.07, 6.45) is 0.936. The van der Waals surface area contributed by atoms with Crippen LogP contribution in [0.4, 0.5) is 27.6 Å². The highest BCUT2D eigenvalue weighted by Gasteiger charge is 2.77. The zero-order valence-corrected chi connectivity index (χ0v) is 21.3. The van der Waals surface area contributed by atoms with Crippen LogP contribution >= 0.6 is 23.2 Å². The number of hydrogen-bond acceptors (Lipinski definition) is 6. The molecule has 4 amide bonds. The van der Waals surface area contributed by atoms with Crippen molar-refractivity contribution >= 4 is 52.5 Å². The van der Waals surface area contributed by atoms with E-state index in [0.29, 0.717) is 0 Å². The van der Waals surface area contributed by atoms with Crippen molar-refractivity contribution in [2.75, 3.05) is 4.90 Å². The summed E-state index contributed by atoms with van der Waals surface area (Å²) in [7, 11) is 0. The van der Waals surface area contributed by atoms with E-state index in [4.69, 9.17) is 27.6 Å². The number of furan rings is 1. The Kier molecular flexibility index (Phi) is 5.79. The van der Waals surface area contributed by atoms with Crippen LogP contribution in [0.5, 0.6) is 0 Å². The standard InChI is InChI=1S/C25H15Cl2F5N2O6/c26-24-5-10-8(2-3-9-12(10)21(37)33-20(9)36)13(11-4-1-7(6-35)40-11)25(24,27)23(39)34(22(24)38)19-17(31)15(29)14(28)16(30)18(19)32/h1-2,4,9-10,12-13,35H,3,5-6H2,(H,33,36,37). The lowest BCUT2D eigenvalue weighted by atomic mass is 9.57. The fraction of sp³-hybridized carbons (Fsp3) is 0.360. The van der Waals surface area contributed by atoms with Crippen LogP contribution in [0.15, 0.2) is 28.2 Å². The number of fused-ring (bicyclic) bond motifs is 4. The van der Waals surface area contributed by atoms with Gasteiger partial charge in [-0.25, -0.2) is 26.9 Å². The van der Waals surface area contributed by atoms with Crippen molar-refractivity contribution in [3.05, 3.63) is 64.4 Å². The Morgan fingerprint density at radius 2 is 1.55 bits per heavy atom. The monoisotopic (exact) mass is 604 g/mol. The van der Waals surface area contributed by atoms with Gasteiger partial charge in [-0.2, -0.15) is 0 Å². The van der Waals surface area contributed by atoms with Gasteiger partial charge in [0.25, 0.3) is 11.8 Å². The molecule has 0 bridgehead atoms. The molecule has 40 heavy (non-hydrogen) atoms. The van der Waals surface area contributed by atoms with Crippen molar-refractivity contribution in [2.45, 2.75) is 35.1 Å². The van der Waals surface area contributed by atoms with Crippen LogP contribution in [-0.2, 0) is 25.8 Å². The van der Waals surface area contributed by atoms with E-state index in [2.05, 4.69) is 5.32 Å². The Bertz CT molecular complexity index is 1570. The second kappa shape index (κ2) is 8.60. The topological polar surface area (TPSA) is 117 Å². The highest BCUT2D eigenvalue weighted by atomic mass is 35.5. The van der Waals surface area contributed by atoms with Crippen LogP contribution in [0.25, 0.3) is 0 Å². The van der Waals surface area contributed by atoms with E-state index in [1.165, 1.54) is 18.2 Å². The highest BCUT2D eigenvalue weighted by Crippen LogP contribution is 2.65. The molecule has 2 aromatic rings. The summed E-state index contributed by atoms with van der Waals surface area (Å²) in [6, 6.07) is 2.61. The predicted octanol–water partition coefficient (Wildman–Crippen LogP) is 3.32. The molecular weight excluding hydrogens is 590 g/mol. The van der Waals surface area contributed by atoms with E-state index in [9.17, 15) is 46.2 Å². The molecule has 3 fully saturated rings. The molecule has 8 nitrogen and oxygen atoms in total. The molecule has 2 aliphatic heterocycles. The maximum Gasteiger partial charge on any atom is 0.258 e. The fourth-order valence-corrected chi connectivity index (χ4v) is 7.34. The van der Waals surface area contributed by atoms with Crippen LogP contribution < -0.4 is 10.2 Å². The molecule has 6 unspecified atom stereocenters. The number of carbonyl (C=O) groups excluding carboxylic acids is 4. The largest absolute Gasteiger partial charge is 0.463 e. The van der Waals surface area contributed by atoms with Crippen LogP contribution in [0.1, 0.15) is 30.3 Å². The molecular formula is C25H15Cl2F5N2O6. The first-order valence-corrected chi connectivity index (χ1v) is 12.6. The van der Waals surface area contributed by atoms with Crippen molar-refractivity contribution in [3.8, 4) is 0 Å². The van der Waals surface area contributed by atoms with Crippen molar-refractivity contribution in [1.29, 1.82) is 0 Å². The van der Waals surface area contributed by atoms with Crippen LogP contribution in [-0.4, -0.2) is 38.5 Å². The predicted molar refractivity (Wildman–Crippen MR) is 124 cm³/mol. The molecule has 2 N–H and O–H groups in total. The SMILES string of the molecule is O=C1NC(=O)C2C1CC=C1C2CC2(Cl)C(=O)N(c3c(F)c(F)c(F)c(F)c3F)C(=O)C2(Cl)C1c1ccc(CO)o1. The van der Waals surface area contributed by atoms with E-state index in [1.807, 2.05) is 0 Å². The summed E-state index contributed by atoms with van der Waals surface area (Å²) in [6.45, 7) is -0.596. The average Bonchev–Trinajstić information content (AvgIpc) is 3.55. The maximum absolute atomic E-state index is 14.9. The molecule has 6 rings (SSSR count). The van der Waals surface area contributed by atoms with Gasteiger partial charge in [0.15, 0.2) is 33.0 Å². The number of rotatable bonds is 3. The summed E-state index contributed by atoms with van der Waals surface area (Å²) in [5, 5.41) is 11.7. The Hall–Kier alpha value is -3.29. The first kappa shape index (κ1) is 26.9. The first-order chi connectivity index (χ1) is 18.8. The van der Waals surface area contributed by atoms with Crippen molar-refractivity contribution in [2.24, 2.45) is 17.8 Å². The van der Waals surface area contributed by atoms with E-state index >= 15 is 0 Å². The van der Waals surface area contributed by atoms with Crippen LogP contribution in [0.3, 0.4) is 0 Å². The summed E-state index contributed by atoms with van der Waals surface area (Å²) < 4.78 is 77.4. The average molecular weight is 605 g/mol. The number of anilines is 1. The number of benzene rings is 1. The van der Waals surface area contributed by atoms with Crippen LogP contribution in [0.2, 0.25) is 0 Å². The van der Waals surface area contributed by atoms with Gasteiger partial charge in [0.2, 0.25) is 17.6 Å². The number of carbonyl (C=O) groups is 4. The van der Waals surface area contributed by atoms with Gasteiger partial charge in [0.1, 0.15) is 23.8 Å². The Balaban J connectivity index is 1.60. The van der Waals surface area contributed by atoms with Gasteiger partial charge in [-0.15, -0.1) is 23.2 Å². The van der Waals surface area contributed by atoms with Gasteiger partial charge in [-0.05, 0) is 30.9 Å². The molecule has 0 radical (unpaired) electrons. The zero-order chi connectivity index (χ0) is 29.0. The lowest BCUT2D eigenvalue weighted by Gasteiger charge is -2.49. The number of amides is 4. The third kappa shape index (κ3) is 3.10. The molecule has 3 heterocycles. The minimum Gasteiger partial charge on any atom is -0.463 e. The highest BCUT2D eigenvalue weighted by molar-refractivity contribution is 6.58. The van der Waals surface area contributed by atoms with Crippen molar-refractivity contribution in [1.82, 2.24) is 5.32 Å². The first-order valence-electron chi connectivity index (χ1n) is 11.8. The number of nitrogens with one attached hydrogen (secondary N) is 1. The minimum absolute atomic E-state index is 0.00553. The smallest absolute Gasteiger partial charge is 0.258 e. The number of alkyl halides is 2. The number of hydrogen-bond donors (Lipinski definition) is 2. The second-order valence-corrected chi connectivity index (χ2v) is 11.2. The fourth-order valence-electron chi connectivity index (χ4n) is 6.42. The number of aliphatic hydroxyl groups is 1. The normalized spacial score (nSPS) is 33.1. The molecule has 2 saturated heterocycles. The molecule has 1 aromatic carbocycles. The molecule has 210 valence electrons. The second-order valence-electron chi connectivity index (χ2n) is 10.0. The Morgan fingerprint density at radius 3 is 2.15 bits per heavy atom. The van der Waals surface area contributed by atoms with E-state index in [-0.39, 0.29) is 28.4 Å². The molecule has 6 atom stereocenters. The van der Waals surface area contributed by atoms with Crippen molar-refractivity contribution < 1.29 is 50.7 Å². The van der Waals surface area contributed by atoms with Gasteiger partial charge in [0.05, 0.1) is 17.8 Å². The van der Waals surface area contributed by atoms with E-state index in [1.54, 1.807) is 0 Å². The summed E-state index contributed by atoms with van der Waals surface area (Å²) >= 11 is 13.7. The third-order valence-electron chi connectivity index (χ3n) is 8.19.